The molecule has 0 aliphatic heterocycles. The van der Waals surface area contributed by atoms with Crippen LogP contribution in [0.4, 0.5) is 14.6 Å². The van der Waals surface area contributed by atoms with Gasteiger partial charge in [-0.25, -0.2) is 13.8 Å². The lowest BCUT2D eigenvalue weighted by Crippen LogP contribution is -2.07. The van der Waals surface area contributed by atoms with Crippen molar-refractivity contribution in [3.8, 4) is 11.6 Å². The summed E-state index contributed by atoms with van der Waals surface area (Å²) in [6, 6.07) is 6.64. The van der Waals surface area contributed by atoms with Crippen molar-refractivity contribution in [2.75, 3.05) is 5.32 Å². The van der Waals surface area contributed by atoms with Crippen molar-refractivity contribution in [2.24, 2.45) is 0 Å². The molecule has 0 saturated carbocycles. The third-order valence-corrected chi connectivity index (χ3v) is 3.19. The molecular formula is C13H10F2N8O. The number of aromatic amines is 1. The van der Waals surface area contributed by atoms with Gasteiger partial charge in [-0.15, -0.1) is 20.4 Å². The monoisotopic (exact) mass is 332 g/mol. The summed E-state index contributed by atoms with van der Waals surface area (Å²) in [5.41, 5.74) is 0.246. The second-order valence-corrected chi connectivity index (χ2v) is 4.78. The number of anilines is 1. The van der Waals surface area contributed by atoms with Crippen molar-refractivity contribution in [2.45, 2.75) is 13.0 Å². The molecule has 0 radical (unpaired) electrons. The molecule has 9 nitrogen and oxygen atoms in total. The molecule has 2 N–H and O–H groups in total. The Balaban J connectivity index is 1.51. The minimum absolute atomic E-state index is 0.246. The van der Waals surface area contributed by atoms with Crippen molar-refractivity contribution >= 4 is 11.5 Å². The van der Waals surface area contributed by atoms with E-state index in [9.17, 15) is 8.78 Å². The summed E-state index contributed by atoms with van der Waals surface area (Å²) in [6.07, 6.45) is -1.23. The predicted octanol–water partition coefficient (Wildman–Crippen LogP) is 2.05. The van der Waals surface area contributed by atoms with Crippen LogP contribution in [-0.2, 0) is 6.54 Å². The zero-order valence-corrected chi connectivity index (χ0v) is 12.0. The number of nitrogens with zero attached hydrogens (tertiary/aromatic N) is 6. The number of alkyl halides is 2. The third kappa shape index (κ3) is 2.55. The Kier molecular flexibility index (Phi) is 3.37. The minimum Gasteiger partial charge on any atom is -0.461 e. The largest absolute Gasteiger partial charge is 0.461 e. The molecular weight excluding hydrogens is 322 g/mol. The van der Waals surface area contributed by atoms with E-state index in [2.05, 4.69) is 35.8 Å². The van der Waals surface area contributed by atoms with E-state index in [0.29, 0.717) is 23.2 Å². The van der Waals surface area contributed by atoms with E-state index in [4.69, 9.17) is 4.42 Å². The highest BCUT2D eigenvalue weighted by Crippen LogP contribution is 2.18. The molecule has 0 spiro atoms. The molecule has 0 aliphatic carbocycles. The Labute approximate surface area is 132 Å². The second-order valence-electron chi connectivity index (χ2n) is 4.78. The highest BCUT2D eigenvalue weighted by molar-refractivity contribution is 5.46. The number of fused-ring (bicyclic) bond motifs is 1. The summed E-state index contributed by atoms with van der Waals surface area (Å²) >= 11 is 0. The molecule has 122 valence electrons. The van der Waals surface area contributed by atoms with Crippen LogP contribution in [0.25, 0.3) is 17.2 Å². The lowest BCUT2D eigenvalue weighted by atomic mass is 10.4. The van der Waals surface area contributed by atoms with Gasteiger partial charge in [0, 0.05) is 0 Å². The number of H-pyrrole nitrogens is 1. The molecule has 0 amide bonds. The Morgan fingerprint density at radius 1 is 1.25 bits per heavy atom. The number of hydrogen-bond donors (Lipinski definition) is 2. The van der Waals surface area contributed by atoms with Gasteiger partial charge in [0.05, 0.1) is 12.8 Å². The number of aromatic nitrogens is 7. The van der Waals surface area contributed by atoms with Gasteiger partial charge in [0.2, 0.25) is 11.6 Å². The lowest BCUT2D eigenvalue weighted by molar-refractivity contribution is 0.137. The van der Waals surface area contributed by atoms with Gasteiger partial charge in [-0.2, -0.15) is 4.52 Å². The van der Waals surface area contributed by atoms with E-state index >= 15 is 0 Å². The van der Waals surface area contributed by atoms with Gasteiger partial charge < -0.3 is 9.73 Å². The molecule has 0 unspecified atom stereocenters. The zero-order chi connectivity index (χ0) is 16.5. The van der Waals surface area contributed by atoms with Crippen molar-refractivity contribution in [3.63, 3.8) is 0 Å². The van der Waals surface area contributed by atoms with Gasteiger partial charge in [-0.1, -0.05) is 0 Å². The van der Waals surface area contributed by atoms with Gasteiger partial charge in [-0.05, 0) is 24.3 Å². The molecule has 4 aromatic heterocycles. The molecule has 0 atom stereocenters. The Morgan fingerprint density at radius 2 is 2.17 bits per heavy atom. The van der Waals surface area contributed by atoms with E-state index in [1.165, 1.54) is 6.26 Å². The first-order chi connectivity index (χ1) is 11.7. The number of hydrogen-bond acceptors (Lipinski definition) is 7. The number of nitrogens with one attached hydrogen (secondary N) is 2. The van der Waals surface area contributed by atoms with E-state index in [0.717, 1.165) is 4.52 Å². The molecule has 0 aliphatic rings. The van der Waals surface area contributed by atoms with Crippen LogP contribution in [0.15, 0.2) is 34.9 Å². The minimum atomic E-state index is -2.76. The summed E-state index contributed by atoms with van der Waals surface area (Å²) in [6.45, 7) is 0.276. The summed E-state index contributed by atoms with van der Waals surface area (Å²) in [7, 11) is 0. The first kappa shape index (κ1) is 14.2. The van der Waals surface area contributed by atoms with Crippen molar-refractivity contribution in [1.82, 2.24) is 35.0 Å². The van der Waals surface area contributed by atoms with E-state index in [1.807, 2.05) is 0 Å². The Bertz CT molecular complexity index is 962. The van der Waals surface area contributed by atoms with E-state index in [-0.39, 0.29) is 12.2 Å². The zero-order valence-electron chi connectivity index (χ0n) is 12.0. The second kappa shape index (κ2) is 5.68. The average molecular weight is 332 g/mol. The fourth-order valence-corrected chi connectivity index (χ4v) is 2.10. The maximum atomic E-state index is 12.8. The summed E-state index contributed by atoms with van der Waals surface area (Å²) in [5, 5.41) is 20.9. The molecule has 4 heterocycles. The maximum absolute atomic E-state index is 12.8. The fourth-order valence-electron chi connectivity index (χ4n) is 2.10. The van der Waals surface area contributed by atoms with Crippen LogP contribution in [0.1, 0.15) is 18.1 Å². The van der Waals surface area contributed by atoms with Gasteiger partial charge >= 0.3 is 0 Å². The van der Waals surface area contributed by atoms with Crippen molar-refractivity contribution < 1.29 is 13.2 Å². The molecule has 24 heavy (non-hydrogen) atoms. The highest BCUT2D eigenvalue weighted by atomic mass is 19.3. The van der Waals surface area contributed by atoms with Gasteiger partial charge in [0.1, 0.15) is 11.6 Å². The van der Waals surface area contributed by atoms with Gasteiger partial charge in [0.25, 0.3) is 6.43 Å². The summed E-state index contributed by atoms with van der Waals surface area (Å²) < 4.78 is 31.9. The quantitative estimate of drug-likeness (QED) is 0.575. The Morgan fingerprint density at radius 3 is 2.96 bits per heavy atom. The molecule has 4 rings (SSSR count). The van der Waals surface area contributed by atoms with Crippen LogP contribution in [0.5, 0.6) is 0 Å². The molecule has 0 aromatic carbocycles. The first-order valence-electron chi connectivity index (χ1n) is 6.90. The highest BCUT2D eigenvalue weighted by Gasteiger charge is 2.17. The standard InChI is InChI=1S/C13H10F2N8O/c14-11(15)13-21-19-10-4-3-8(22-23(10)13)16-6-9-17-12(20-18-9)7-2-1-5-24-7/h1-5,11H,6H2,(H,16,22)(H,17,18,20). The molecule has 0 fully saturated rings. The molecule has 0 bridgehead atoms. The Hall–Kier alpha value is -3.37. The van der Waals surface area contributed by atoms with E-state index in [1.54, 1.807) is 24.3 Å². The van der Waals surface area contributed by atoms with Crippen molar-refractivity contribution in [1.29, 1.82) is 0 Å². The first-order valence-corrected chi connectivity index (χ1v) is 6.90. The number of rotatable bonds is 5. The van der Waals surface area contributed by atoms with Crippen LogP contribution in [0.2, 0.25) is 0 Å². The molecule has 11 heteroatoms. The molecule has 0 saturated heterocycles. The predicted molar refractivity (Wildman–Crippen MR) is 77.2 cm³/mol. The maximum Gasteiger partial charge on any atom is 0.299 e. The number of furan rings is 1. The normalized spacial score (nSPS) is 11.5. The van der Waals surface area contributed by atoms with Crippen LogP contribution in [0.3, 0.4) is 0 Å². The van der Waals surface area contributed by atoms with Crippen LogP contribution < -0.4 is 5.32 Å². The van der Waals surface area contributed by atoms with Gasteiger partial charge in [-0.3, -0.25) is 5.10 Å². The third-order valence-electron chi connectivity index (χ3n) is 3.19. The topological polar surface area (TPSA) is 110 Å². The number of halogens is 2. The van der Waals surface area contributed by atoms with Crippen LogP contribution in [0, 0.1) is 0 Å². The summed E-state index contributed by atoms with van der Waals surface area (Å²) in [4.78, 5) is 4.26. The molecule has 4 aromatic rings. The van der Waals surface area contributed by atoms with Crippen LogP contribution >= 0.6 is 0 Å². The van der Waals surface area contributed by atoms with E-state index < -0.39 is 12.2 Å². The fraction of sp³-hybridized carbons (Fsp3) is 0.154. The smallest absolute Gasteiger partial charge is 0.299 e. The van der Waals surface area contributed by atoms with Crippen molar-refractivity contribution in [3.05, 3.63) is 42.2 Å². The lowest BCUT2D eigenvalue weighted by Gasteiger charge is -2.04. The average Bonchev–Trinajstić information content (AvgIpc) is 3.31. The van der Waals surface area contributed by atoms with Gasteiger partial charge in [0.15, 0.2) is 11.4 Å². The SMILES string of the molecule is FC(F)c1nnc2ccc(NCc3nc(-c4ccco4)n[nH]3)nn12. The van der Waals surface area contributed by atoms with Crippen LogP contribution in [-0.4, -0.2) is 35.0 Å². The summed E-state index contributed by atoms with van der Waals surface area (Å²) in [5.74, 6) is 1.39.